The second-order valence-corrected chi connectivity index (χ2v) is 7.68. The topological polar surface area (TPSA) is 79.8 Å². The second-order valence-electron chi connectivity index (χ2n) is 6.81. The molecule has 0 spiro atoms. The maximum Gasteiger partial charge on any atom is 0.262 e. The number of carbonyl (C=O) groups is 1. The Balaban J connectivity index is 1.57. The van der Waals surface area contributed by atoms with E-state index in [4.69, 9.17) is 23.2 Å². The molecule has 2 aromatic heterocycles. The number of benzene rings is 2. The number of hydrogen-bond acceptors (Lipinski definition) is 3. The van der Waals surface area contributed by atoms with E-state index in [1.165, 1.54) is 0 Å². The summed E-state index contributed by atoms with van der Waals surface area (Å²) in [5, 5.41) is 12.6. The lowest BCUT2D eigenvalue weighted by Crippen LogP contribution is -2.27. The van der Waals surface area contributed by atoms with E-state index in [2.05, 4.69) is 15.5 Å². The van der Waals surface area contributed by atoms with Gasteiger partial charge >= 0.3 is 0 Å². The molecule has 0 aliphatic heterocycles. The minimum atomic E-state index is -0.178. The lowest BCUT2D eigenvalue weighted by atomic mass is 10.1. The van der Waals surface area contributed by atoms with E-state index < -0.39 is 0 Å². The third-order valence-electron chi connectivity index (χ3n) is 4.86. The molecule has 8 heteroatoms. The van der Waals surface area contributed by atoms with Crippen molar-refractivity contribution in [1.82, 2.24) is 20.1 Å². The van der Waals surface area contributed by atoms with Gasteiger partial charge in [0.15, 0.2) is 0 Å². The summed E-state index contributed by atoms with van der Waals surface area (Å²) in [6, 6.07) is 12.1. The number of aromatic amines is 1. The standard InChI is InChI=1S/C21H18Cl2N4O2/c1-12-18-19(26-25-12)16-8-7-15(23)11-17(16)27(21(18)29)10-2-9-24-20(28)13-3-5-14(22)6-4-13/h3-8,11H,2,9-10H2,1H3,(H,24,28)(H,25,26). The molecule has 0 radical (unpaired) electrons. The number of aryl methyl sites for hydroxylation is 2. The van der Waals surface area contributed by atoms with Crippen LogP contribution in [0.5, 0.6) is 0 Å². The predicted octanol–water partition coefficient (Wildman–Crippen LogP) is 4.31. The number of amides is 1. The van der Waals surface area contributed by atoms with E-state index in [0.29, 0.717) is 46.0 Å². The summed E-state index contributed by atoms with van der Waals surface area (Å²) in [6.07, 6.45) is 0.587. The molecule has 0 aliphatic carbocycles. The molecule has 2 heterocycles. The van der Waals surface area contributed by atoms with Gasteiger partial charge in [-0.3, -0.25) is 14.7 Å². The Kier molecular flexibility index (Phi) is 5.30. The van der Waals surface area contributed by atoms with Crippen LogP contribution in [-0.4, -0.2) is 27.2 Å². The zero-order valence-electron chi connectivity index (χ0n) is 15.6. The van der Waals surface area contributed by atoms with E-state index in [1.807, 2.05) is 13.0 Å². The lowest BCUT2D eigenvalue weighted by molar-refractivity contribution is 0.0953. The van der Waals surface area contributed by atoms with Gasteiger partial charge in [0.05, 0.1) is 10.9 Å². The molecule has 1 amide bonds. The number of nitrogens with one attached hydrogen (secondary N) is 2. The van der Waals surface area contributed by atoms with Gasteiger partial charge < -0.3 is 9.88 Å². The van der Waals surface area contributed by atoms with Crippen LogP contribution in [0.15, 0.2) is 47.3 Å². The summed E-state index contributed by atoms with van der Waals surface area (Å²) < 4.78 is 1.69. The molecule has 148 valence electrons. The first-order valence-corrected chi connectivity index (χ1v) is 9.92. The molecule has 2 aromatic carbocycles. The number of halogens is 2. The molecule has 29 heavy (non-hydrogen) atoms. The highest BCUT2D eigenvalue weighted by Gasteiger charge is 2.15. The van der Waals surface area contributed by atoms with E-state index in [-0.39, 0.29) is 11.5 Å². The van der Waals surface area contributed by atoms with Crippen molar-refractivity contribution in [3.05, 3.63) is 74.1 Å². The van der Waals surface area contributed by atoms with Crippen molar-refractivity contribution in [2.24, 2.45) is 0 Å². The Morgan fingerprint density at radius 1 is 1.14 bits per heavy atom. The first-order valence-electron chi connectivity index (χ1n) is 9.16. The first kappa shape index (κ1) is 19.5. The fourth-order valence-corrected chi connectivity index (χ4v) is 3.72. The molecule has 0 atom stereocenters. The fourth-order valence-electron chi connectivity index (χ4n) is 3.42. The van der Waals surface area contributed by atoms with E-state index in [1.54, 1.807) is 41.0 Å². The van der Waals surface area contributed by atoms with Crippen LogP contribution in [0, 0.1) is 6.92 Å². The van der Waals surface area contributed by atoms with Crippen molar-refractivity contribution in [2.75, 3.05) is 6.54 Å². The molecular weight excluding hydrogens is 411 g/mol. The van der Waals surface area contributed by atoms with Crippen LogP contribution in [-0.2, 0) is 6.54 Å². The van der Waals surface area contributed by atoms with Gasteiger partial charge in [0.2, 0.25) is 0 Å². The van der Waals surface area contributed by atoms with Gasteiger partial charge in [-0.1, -0.05) is 23.2 Å². The van der Waals surface area contributed by atoms with E-state index in [0.717, 1.165) is 16.6 Å². The monoisotopic (exact) mass is 428 g/mol. The van der Waals surface area contributed by atoms with E-state index >= 15 is 0 Å². The summed E-state index contributed by atoms with van der Waals surface area (Å²) in [4.78, 5) is 25.3. The van der Waals surface area contributed by atoms with Crippen LogP contribution in [0.1, 0.15) is 22.5 Å². The molecule has 6 nitrogen and oxygen atoms in total. The second kappa shape index (κ2) is 7.89. The number of nitrogens with zero attached hydrogens (tertiary/aromatic N) is 2. The van der Waals surface area contributed by atoms with Gasteiger partial charge in [0, 0.05) is 39.8 Å². The van der Waals surface area contributed by atoms with Crippen molar-refractivity contribution in [3.8, 4) is 0 Å². The van der Waals surface area contributed by atoms with Crippen molar-refractivity contribution < 1.29 is 4.79 Å². The maximum absolute atomic E-state index is 13.1. The number of hydrogen-bond donors (Lipinski definition) is 2. The van der Waals surface area contributed by atoms with Crippen molar-refractivity contribution in [3.63, 3.8) is 0 Å². The summed E-state index contributed by atoms with van der Waals surface area (Å²) in [5.74, 6) is -0.178. The van der Waals surface area contributed by atoms with Gasteiger partial charge in [-0.15, -0.1) is 0 Å². The number of carbonyl (C=O) groups excluding carboxylic acids is 1. The zero-order chi connectivity index (χ0) is 20.5. The van der Waals surface area contributed by atoms with Crippen LogP contribution in [0.4, 0.5) is 0 Å². The highest BCUT2D eigenvalue weighted by atomic mass is 35.5. The average molecular weight is 429 g/mol. The van der Waals surface area contributed by atoms with Gasteiger partial charge in [-0.25, -0.2) is 0 Å². The molecule has 0 saturated heterocycles. The molecule has 0 saturated carbocycles. The summed E-state index contributed by atoms with van der Waals surface area (Å²) in [5.41, 5.74) is 2.52. The Morgan fingerprint density at radius 2 is 1.86 bits per heavy atom. The number of pyridine rings is 1. The van der Waals surface area contributed by atoms with Gasteiger partial charge in [0.1, 0.15) is 5.52 Å². The fraction of sp³-hybridized carbons (Fsp3) is 0.190. The minimum Gasteiger partial charge on any atom is -0.352 e. The van der Waals surface area contributed by atoms with Gasteiger partial charge in [-0.05, 0) is 55.8 Å². The van der Waals surface area contributed by atoms with Crippen LogP contribution in [0.25, 0.3) is 21.8 Å². The number of H-pyrrole nitrogens is 1. The summed E-state index contributed by atoms with van der Waals surface area (Å²) in [6.45, 7) is 2.70. The van der Waals surface area contributed by atoms with Crippen LogP contribution in [0.3, 0.4) is 0 Å². The minimum absolute atomic E-state index is 0.120. The molecule has 4 aromatic rings. The van der Waals surface area contributed by atoms with Crippen LogP contribution >= 0.6 is 23.2 Å². The first-order chi connectivity index (χ1) is 14.0. The molecular formula is C21H18Cl2N4O2. The van der Waals surface area contributed by atoms with Gasteiger partial charge in [-0.2, -0.15) is 5.10 Å². The van der Waals surface area contributed by atoms with Crippen LogP contribution < -0.4 is 10.9 Å². The third-order valence-corrected chi connectivity index (χ3v) is 5.35. The molecule has 0 unspecified atom stereocenters. The molecule has 4 rings (SSSR count). The SMILES string of the molecule is Cc1[nH]nc2c1c(=O)n(CCCNC(=O)c1ccc(Cl)cc1)c1cc(Cl)ccc21. The predicted molar refractivity (Wildman–Crippen MR) is 116 cm³/mol. The number of rotatable bonds is 5. The zero-order valence-corrected chi connectivity index (χ0v) is 17.1. The number of fused-ring (bicyclic) bond motifs is 3. The highest BCUT2D eigenvalue weighted by molar-refractivity contribution is 6.31. The smallest absolute Gasteiger partial charge is 0.262 e. The Labute approximate surface area is 176 Å². The molecule has 0 bridgehead atoms. The maximum atomic E-state index is 13.1. The average Bonchev–Trinajstić information content (AvgIpc) is 3.09. The summed E-state index contributed by atoms with van der Waals surface area (Å²) >= 11 is 12.0. The van der Waals surface area contributed by atoms with Crippen molar-refractivity contribution >= 4 is 50.9 Å². The quantitative estimate of drug-likeness (QED) is 0.464. The Morgan fingerprint density at radius 3 is 2.62 bits per heavy atom. The molecule has 0 fully saturated rings. The number of aromatic nitrogens is 3. The lowest BCUT2D eigenvalue weighted by Gasteiger charge is -2.12. The van der Waals surface area contributed by atoms with Crippen molar-refractivity contribution in [1.29, 1.82) is 0 Å². The largest absolute Gasteiger partial charge is 0.352 e. The Bertz CT molecular complexity index is 1280. The Hall–Kier alpha value is -2.83. The third kappa shape index (κ3) is 3.73. The van der Waals surface area contributed by atoms with Gasteiger partial charge in [0.25, 0.3) is 11.5 Å². The van der Waals surface area contributed by atoms with Crippen LogP contribution in [0.2, 0.25) is 10.0 Å². The highest BCUT2D eigenvalue weighted by Crippen LogP contribution is 2.25. The molecule has 2 N–H and O–H groups in total. The summed E-state index contributed by atoms with van der Waals surface area (Å²) in [7, 11) is 0. The van der Waals surface area contributed by atoms with E-state index in [9.17, 15) is 9.59 Å². The normalized spacial score (nSPS) is 11.3. The molecule has 0 aliphatic rings. The van der Waals surface area contributed by atoms with Crippen molar-refractivity contribution in [2.45, 2.75) is 19.9 Å².